The molecule has 0 amide bonds. The monoisotopic (exact) mass is 648 g/mol. The number of esters is 2. The predicted molar refractivity (Wildman–Crippen MR) is 191 cm³/mol. The van der Waals surface area contributed by atoms with E-state index in [1.165, 1.54) is 37.7 Å². The van der Waals surface area contributed by atoms with E-state index in [1.807, 2.05) is 60.7 Å². The Balaban J connectivity index is 1.12. The number of ether oxygens (including phenoxy) is 2. The van der Waals surface area contributed by atoms with Gasteiger partial charge in [-0.1, -0.05) is 87.4 Å². The van der Waals surface area contributed by atoms with E-state index in [0.29, 0.717) is 46.3 Å². The van der Waals surface area contributed by atoms with Crippen LogP contribution < -0.4 is 0 Å². The molecule has 4 heteroatoms. The van der Waals surface area contributed by atoms with Gasteiger partial charge < -0.3 is 9.47 Å². The van der Waals surface area contributed by atoms with E-state index >= 15 is 0 Å². The summed E-state index contributed by atoms with van der Waals surface area (Å²) in [5, 5.41) is 0. The molecule has 4 fully saturated rings. The van der Waals surface area contributed by atoms with Crippen LogP contribution in [0.25, 0.3) is 0 Å². The van der Waals surface area contributed by atoms with Crippen molar-refractivity contribution >= 4 is 11.9 Å². The zero-order valence-electron chi connectivity index (χ0n) is 30.1. The van der Waals surface area contributed by atoms with Gasteiger partial charge in [-0.15, -0.1) is 0 Å². The van der Waals surface area contributed by atoms with E-state index in [-0.39, 0.29) is 34.3 Å². The molecule has 4 saturated carbocycles. The second-order valence-electron chi connectivity index (χ2n) is 17.4. The molecule has 0 aromatic heterocycles. The minimum absolute atomic E-state index is 0.0612. The predicted octanol–water partition coefficient (Wildman–Crippen LogP) is 10.8. The summed E-state index contributed by atoms with van der Waals surface area (Å²) in [6.45, 7) is 14.8. The van der Waals surface area contributed by atoms with Crippen LogP contribution in [0.2, 0.25) is 0 Å². The van der Waals surface area contributed by atoms with Gasteiger partial charge in [0.05, 0.1) is 17.7 Å². The lowest BCUT2D eigenvalue weighted by molar-refractivity contribution is -0.0990. The van der Waals surface area contributed by atoms with Crippen molar-refractivity contribution in [1.29, 1.82) is 0 Å². The molecule has 2 spiro atoms. The van der Waals surface area contributed by atoms with Crippen LogP contribution in [0, 0.1) is 44.8 Å². The maximum atomic E-state index is 13.2. The highest BCUT2D eigenvalue weighted by Gasteiger charge is 2.80. The number of hydrogen-bond acceptors (Lipinski definition) is 4. The van der Waals surface area contributed by atoms with Gasteiger partial charge in [0, 0.05) is 5.41 Å². The normalized spacial score (nSPS) is 36.2. The number of carbonyl (C=O) groups is 2. The van der Waals surface area contributed by atoms with Crippen LogP contribution in [-0.4, -0.2) is 24.6 Å². The van der Waals surface area contributed by atoms with Crippen molar-refractivity contribution in [2.75, 3.05) is 6.61 Å². The molecule has 0 N–H and O–H groups in total. The van der Waals surface area contributed by atoms with Gasteiger partial charge in [-0.3, -0.25) is 0 Å². The minimum Gasteiger partial charge on any atom is -0.462 e. The number of benzene rings is 2. The first-order valence-corrected chi connectivity index (χ1v) is 18.7. The standard InChI is InChI=1S/C44H56O4/c1-30(2)14-13-19-33(28-47-38(45)31-15-9-7-10-16-31)34-22-24-42(6)36-21-20-35-40(3,4)37(48-39(46)32-17-11-8-12-18-32)23-25-43(35)29-44(36,43)27-26-41(34,42)5/h7-12,14-18,21,33-35,37H,13,19-20,22-29H2,1-6H3/t33-,34-,35-,37-,41-,42-,43+,44-/m0/s1. The first-order chi connectivity index (χ1) is 22.9. The molecule has 256 valence electrons. The summed E-state index contributed by atoms with van der Waals surface area (Å²) in [6.07, 6.45) is 16.5. The van der Waals surface area contributed by atoms with Crippen LogP contribution in [0.5, 0.6) is 0 Å². The zero-order valence-corrected chi connectivity index (χ0v) is 30.1. The van der Waals surface area contributed by atoms with E-state index in [2.05, 4.69) is 53.7 Å². The molecule has 0 heterocycles. The molecule has 0 radical (unpaired) electrons. The van der Waals surface area contributed by atoms with Crippen LogP contribution in [0.3, 0.4) is 0 Å². The molecule has 0 aliphatic heterocycles. The number of rotatable bonds is 9. The molecule has 2 aromatic rings. The van der Waals surface area contributed by atoms with Crippen molar-refractivity contribution in [3.05, 3.63) is 95.1 Å². The molecule has 0 bridgehead atoms. The minimum atomic E-state index is -0.204. The molecule has 5 aliphatic carbocycles. The van der Waals surface area contributed by atoms with E-state index in [4.69, 9.17) is 9.47 Å². The van der Waals surface area contributed by atoms with Gasteiger partial charge in [0.15, 0.2) is 0 Å². The number of fused-ring (bicyclic) bond motifs is 2. The summed E-state index contributed by atoms with van der Waals surface area (Å²) in [4.78, 5) is 26.2. The van der Waals surface area contributed by atoms with Crippen LogP contribution in [0.15, 0.2) is 84.0 Å². The van der Waals surface area contributed by atoms with E-state index in [0.717, 1.165) is 32.1 Å². The molecule has 48 heavy (non-hydrogen) atoms. The molecule has 2 aromatic carbocycles. The quantitative estimate of drug-likeness (QED) is 0.201. The molecule has 8 atom stereocenters. The Kier molecular flexibility index (Phi) is 8.36. The maximum Gasteiger partial charge on any atom is 0.338 e. The summed E-state index contributed by atoms with van der Waals surface area (Å²) in [5.74, 6) is 0.994. The summed E-state index contributed by atoms with van der Waals surface area (Å²) in [7, 11) is 0. The fourth-order valence-electron chi connectivity index (χ4n) is 12.1. The molecule has 0 unspecified atom stereocenters. The Bertz CT molecular complexity index is 1600. The highest BCUT2D eigenvalue weighted by atomic mass is 16.5. The summed E-state index contributed by atoms with van der Waals surface area (Å²) < 4.78 is 12.4. The fraction of sp³-hybridized carbons (Fsp3) is 0.591. The van der Waals surface area contributed by atoms with Crippen molar-refractivity contribution in [1.82, 2.24) is 0 Å². The van der Waals surface area contributed by atoms with Gasteiger partial charge in [-0.25, -0.2) is 9.59 Å². The lowest BCUT2D eigenvalue weighted by atomic mass is 9.45. The third-order valence-corrected chi connectivity index (χ3v) is 14.8. The van der Waals surface area contributed by atoms with Gasteiger partial charge in [-0.2, -0.15) is 0 Å². The third-order valence-electron chi connectivity index (χ3n) is 14.8. The smallest absolute Gasteiger partial charge is 0.338 e. The van der Waals surface area contributed by atoms with E-state index < -0.39 is 0 Å². The number of allylic oxidation sites excluding steroid dienone is 4. The van der Waals surface area contributed by atoms with Crippen LogP contribution >= 0.6 is 0 Å². The lowest BCUT2D eigenvalue weighted by Gasteiger charge is -2.60. The van der Waals surface area contributed by atoms with Gasteiger partial charge in [0.1, 0.15) is 6.10 Å². The van der Waals surface area contributed by atoms with Crippen molar-refractivity contribution in [2.45, 2.75) is 112 Å². The number of hydrogen-bond donors (Lipinski definition) is 0. The van der Waals surface area contributed by atoms with Gasteiger partial charge in [0.25, 0.3) is 0 Å². The Morgan fingerprint density at radius 3 is 2.19 bits per heavy atom. The Morgan fingerprint density at radius 1 is 0.854 bits per heavy atom. The number of carbonyl (C=O) groups excluding carboxylic acids is 2. The Labute approximate surface area is 288 Å². The molecular weight excluding hydrogens is 592 g/mol. The molecule has 0 saturated heterocycles. The van der Waals surface area contributed by atoms with Gasteiger partial charge >= 0.3 is 11.9 Å². The third kappa shape index (κ3) is 5.06. The fourth-order valence-corrected chi connectivity index (χ4v) is 12.1. The van der Waals surface area contributed by atoms with Crippen LogP contribution in [-0.2, 0) is 9.47 Å². The lowest BCUT2D eigenvalue weighted by Crippen LogP contribution is -2.54. The van der Waals surface area contributed by atoms with Gasteiger partial charge in [0.2, 0.25) is 0 Å². The summed E-state index contributed by atoms with van der Waals surface area (Å²) in [6, 6.07) is 18.9. The SMILES string of the molecule is CC(C)=CCC[C@@H](COC(=O)c1ccccc1)[C@@H]1CC[C@@]2(C)C3=CC[C@H]4C(C)(C)[C@@H](OC(=O)c5ccccc5)CC[C@@]45C[C@@]35CC[C@@]12C. The summed E-state index contributed by atoms with van der Waals surface area (Å²) in [5.41, 5.74) is 5.27. The van der Waals surface area contributed by atoms with Gasteiger partial charge in [-0.05, 0) is 142 Å². The van der Waals surface area contributed by atoms with E-state index in [9.17, 15) is 9.59 Å². The molecule has 4 nitrogen and oxygen atoms in total. The van der Waals surface area contributed by atoms with Crippen molar-refractivity contribution in [3.63, 3.8) is 0 Å². The maximum absolute atomic E-state index is 13.2. The molecule has 7 rings (SSSR count). The first kappa shape index (κ1) is 33.4. The Morgan fingerprint density at radius 2 is 1.52 bits per heavy atom. The first-order valence-electron chi connectivity index (χ1n) is 18.7. The van der Waals surface area contributed by atoms with Crippen molar-refractivity contribution in [2.24, 2.45) is 44.8 Å². The zero-order chi connectivity index (χ0) is 34.0. The highest BCUT2D eigenvalue weighted by molar-refractivity contribution is 5.89. The largest absolute Gasteiger partial charge is 0.462 e. The average Bonchev–Trinajstić information content (AvgIpc) is 3.66. The van der Waals surface area contributed by atoms with Crippen molar-refractivity contribution < 1.29 is 19.1 Å². The average molecular weight is 649 g/mol. The highest BCUT2D eigenvalue weighted by Crippen LogP contribution is 2.88. The summed E-state index contributed by atoms with van der Waals surface area (Å²) >= 11 is 0. The molecular formula is C44H56O4. The Hall–Kier alpha value is -3.14. The second-order valence-corrected chi connectivity index (χ2v) is 17.4. The van der Waals surface area contributed by atoms with Crippen LogP contribution in [0.4, 0.5) is 0 Å². The topological polar surface area (TPSA) is 52.6 Å². The van der Waals surface area contributed by atoms with Crippen molar-refractivity contribution in [3.8, 4) is 0 Å². The molecule has 5 aliphatic rings. The second kappa shape index (κ2) is 12.0. The van der Waals surface area contributed by atoms with Crippen LogP contribution in [0.1, 0.15) is 126 Å². The van der Waals surface area contributed by atoms with E-state index in [1.54, 1.807) is 5.57 Å².